The van der Waals surface area contributed by atoms with Crippen LogP contribution in [0.15, 0.2) is 15.4 Å². The third kappa shape index (κ3) is 3.53. The first kappa shape index (κ1) is 13.1. The number of rotatable bonds is 5. The number of carbonyl (C=O) groups is 1. The van der Waals surface area contributed by atoms with Gasteiger partial charge in [0.25, 0.3) is 11.5 Å². The third-order valence-corrected chi connectivity index (χ3v) is 3.23. The van der Waals surface area contributed by atoms with Gasteiger partial charge in [-0.1, -0.05) is 6.92 Å². The molecular formula is C10H15NO4S. The maximum Gasteiger partial charge on any atom is 0.290 e. The number of hydrogen-bond donors (Lipinski definition) is 1. The Labute approximate surface area is 97.4 Å². The molecule has 1 atom stereocenters. The molecule has 1 rings (SSSR count). The summed E-state index contributed by atoms with van der Waals surface area (Å²) in [5.74, 6) is 0.230. The normalized spacial score (nSPS) is 12.7. The van der Waals surface area contributed by atoms with E-state index in [-0.39, 0.29) is 23.5 Å². The second-order valence-electron chi connectivity index (χ2n) is 3.51. The van der Waals surface area contributed by atoms with Crippen LogP contribution >= 0.6 is 11.8 Å². The van der Waals surface area contributed by atoms with E-state index in [1.165, 1.54) is 17.8 Å². The number of thioether (sulfide) groups is 1. The van der Waals surface area contributed by atoms with Gasteiger partial charge in [-0.2, -0.15) is 0 Å². The monoisotopic (exact) mass is 245 g/mol. The highest BCUT2D eigenvalue weighted by molar-refractivity contribution is 8.00. The molecule has 90 valence electrons. The minimum absolute atomic E-state index is 0.0994. The maximum absolute atomic E-state index is 11.6. The highest BCUT2D eigenvalue weighted by atomic mass is 32.2. The second-order valence-corrected chi connectivity index (χ2v) is 4.93. The summed E-state index contributed by atoms with van der Waals surface area (Å²) in [4.78, 5) is 22.8. The minimum Gasteiger partial charge on any atom is -0.396 e. The fourth-order valence-corrected chi connectivity index (χ4v) is 1.98. The predicted octanol–water partition coefficient (Wildman–Crippen LogP) is 0.894. The van der Waals surface area contributed by atoms with E-state index in [0.717, 1.165) is 4.74 Å². The molecule has 0 aromatic carbocycles. The Morgan fingerprint density at radius 1 is 1.69 bits per heavy atom. The summed E-state index contributed by atoms with van der Waals surface area (Å²) in [5.41, 5.74) is -0.432. The van der Waals surface area contributed by atoms with Gasteiger partial charge in [-0.15, -0.1) is 16.5 Å². The van der Waals surface area contributed by atoms with E-state index in [9.17, 15) is 9.59 Å². The van der Waals surface area contributed by atoms with Crippen LogP contribution in [-0.2, 0) is 0 Å². The molecule has 0 aliphatic carbocycles. The molecule has 0 bridgehead atoms. The minimum atomic E-state index is -0.432. The highest BCUT2D eigenvalue weighted by Crippen LogP contribution is 2.13. The average molecular weight is 245 g/mol. The number of aryl methyl sites for hydroxylation is 1. The fourth-order valence-electron chi connectivity index (χ4n) is 1.16. The molecule has 16 heavy (non-hydrogen) atoms. The first-order valence-corrected chi connectivity index (χ1v) is 6.05. The van der Waals surface area contributed by atoms with Crippen LogP contribution in [-0.4, -0.2) is 33.4 Å². The van der Waals surface area contributed by atoms with Crippen LogP contribution in [0.4, 0.5) is 0 Å². The molecule has 0 aliphatic rings. The van der Waals surface area contributed by atoms with Crippen LogP contribution in [0.25, 0.3) is 0 Å². The standard InChI is InChI=1S/C10H15NO4S/c1-7-5-9(13)11(15-7)10(14)6-16-8(2)3-4-12/h5,8,12H,3-4,6H2,1-2H3. The van der Waals surface area contributed by atoms with Crippen molar-refractivity contribution in [2.45, 2.75) is 25.5 Å². The smallest absolute Gasteiger partial charge is 0.290 e. The first-order chi connectivity index (χ1) is 7.54. The average Bonchev–Trinajstić information content (AvgIpc) is 2.55. The Bertz CT molecular complexity index is 409. The largest absolute Gasteiger partial charge is 0.396 e. The number of aromatic nitrogens is 1. The van der Waals surface area contributed by atoms with E-state index in [1.807, 2.05) is 6.92 Å². The summed E-state index contributed by atoms with van der Waals surface area (Å²) in [5, 5.41) is 8.88. The molecule has 1 unspecified atom stereocenters. The number of hydrogen-bond acceptors (Lipinski definition) is 5. The topological polar surface area (TPSA) is 72.4 Å². The molecule has 0 saturated carbocycles. The van der Waals surface area contributed by atoms with Gasteiger partial charge in [-0.3, -0.25) is 9.59 Å². The molecule has 0 fully saturated rings. The lowest BCUT2D eigenvalue weighted by atomic mass is 10.3. The zero-order chi connectivity index (χ0) is 12.1. The molecule has 1 N–H and O–H groups in total. The molecule has 0 radical (unpaired) electrons. The summed E-state index contributed by atoms with van der Waals surface area (Å²) in [7, 11) is 0. The van der Waals surface area contributed by atoms with E-state index >= 15 is 0 Å². The Morgan fingerprint density at radius 2 is 2.38 bits per heavy atom. The SMILES string of the molecule is Cc1cc(=O)n(C(=O)CSC(C)CCO)o1. The fraction of sp³-hybridized carbons (Fsp3) is 0.600. The Kier molecular flexibility index (Phi) is 4.82. The van der Waals surface area contributed by atoms with E-state index in [2.05, 4.69) is 0 Å². The predicted molar refractivity (Wildman–Crippen MR) is 62.0 cm³/mol. The summed E-state index contributed by atoms with van der Waals surface area (Å²) < 4.78 is 5.73. The second kappa shape index (κ2) is 5.91. The van der Waals surface area contributed by atoms with Gasteiger partial charge >= 0.3 is 0 Å². The number of aliphatic hydroxyl groups excluding tert-OH is 1. The number of carbonyl (C=O) groups excluding carboxylic acids is 1. The van der Waals surface area contributed by atoms with Crippen molar-refractivity contribution < 1.29 is 14.4 Å². The Morgan fingerprint density at radius 3 is 2.88 bits per heavy atom. The lowest BCUT2D eigenvalue weighted by Gasteiger charge is -2.07. The van der Waals surface area contributed by atoms with Crippen LogP contribution in [0, 0.1) is 6.92 Å². The molecule has 0 spiro atoms. The van der Waals surface area contributed by atoms with Gasteiger partial charge in [0.2, 0.25) is 0 Å². The van der Waals surface area contributed by atoms with Crippen molar-refractivity contribution in [2.24, 2.45) is 0 Å². The number of aliphatic hydroxyl groups is 1. The van der Waals surface area contributed by atoms with Crippen LogP contribution in [0.5, 0.6) is 0 Å². The van der Waals surface area contributed by atoms with Crippen molar-refractivity contribution in [2.75, 3.05) is 12.4 Å². The van der Waals surface area contributed by atoms with Crippen molar-refractivity contribution >= 4 is 17.7 Å². The molecule has 0 aliphatic heterocycles. The lowest BCUT2D eigenvalue weighted by Crippen LogP contribution is -2.24. The van der Waals surface area contributed by atoms with Gasteiger partial charge in [0.15, 0.2) is 0 Å². The van der Waals surface area contributed by atoms with Gasteiger partial charge in [0, 0.05) is 17.9 Å². The molecule has 0 amide bonds. The van der Waals surface area contributed by atoms with Crippen molar-refractivity contribution in [3.8, 4) is 0 Å². The molecule has 1 heterocycles. The van der Waals surface area contributed by atoms with Crippen LogP contribution in [0.2, 0.25) is 0 Å². The Balaban J connectivity index is 2.53. The molecule has 5 nitrogen and oxygen atoms in total. The van der Waals surface area contributed by atoms with Crippen molar-refractivity contribution in [1.82, 2.24) is 4.74 Å². The van der Waals surface area contributed by atoms with Crippen molar-refractivity contribution in [3.05, 3.63) is 22.2 Å². The molecule has 1 aromatic rings. The van der Waals surface area contributed by atoms with Gasteiger partial charge < -0.3 is 9.63 Å². The summed E-state index contributed by atoms with van der Waals surface area (Å²) in [6.07, 6.45) is 0.629. The first-order valence-electron chi connectivity index (χ1n) is 5.00. The van der Waals surface area contributed by atoms with E-state index in [4.69, 9.17) is 9.63 Å². The van der Waals surface area contributed by atoms with Gasteiger partial charge in [-0.05, 0) is 13.3 Å². The van der Waals surface area contributed by atoms with Crippen LogP contribution < -0.4 is 5.56 Å². The summed E-state index contributed by atoms with van der Waals surface area (Å²) in [6, 6.07) is 1.28. The lowest BCUT2D eigenvalue weighted by molar-refractivity contribution is 0.0813. The molecular weight excluding hydrogens is 230 g/mol. The van der Waals surface area contributed by atoms with Gasteiger partial charge in [0.05, 0.1) is 5.75 Å². The van der Waals surface area contributed by atoms with Crippen LogP contribution in [0.3, 0.4) is 0 Å². The van der Waals surface area contributed by atoms with E-state index in [0.29, 0.717) is 12.2 Å². The van der Waals surface area contributed by atoms with E-state index in [1.54, 1.807) is 6.92 Å². The number of nitrogens with zero attached hydrogens (tertiary/aromatic N) is 1. The summed E-state index contributed by atoms with van der Waals surface area (Å²) in [6.45, 7) is 3.64. The Hall–Kier alpha value is -1.01. The quantitative estimate of drug-likeness (QED) is 0.834. The van der Waals surface area contributed by atoms with Gasteiger partial charge in [0.1, 0.15) is 5.76 Å². The zero-order valence-electron chi connectivity index (χ0n) is 9.30. The third-order valence-electron chi connectivity index (χ3n) is 2.02. The highest BCUT2D eigenvalue weighted by Gasteiger charge is 2.13. The molecule has 1 aromatic heterocycles. The van der Waals surface area contributed by atoms with Gasteiger partial charge in [-0.25, -0.2) is 0 Å². The van der Waals surface area contributed by atoms with Crippen molar-refractivity contribution in [1.29, 1.82) is 0 Å². The molecule has 6 heteroatoms. The van der Waals surface area contributed by atoms with Crippen LogP contribution in [0.1, 0.15) is 23.9 Å². The maximum atomic E-state index is 11.6. The summed E-state index contributed by atoms with van der Waals surface area (Å²) >= 11 is 1.39. The van der Waals surface area contributed by atoms with Crippen molar-refractivity contribution in [3.63, 3.8) is 0 Å². The molecule has 0 saturated heterocycles. The zero-order valence-corrected chi connectivity index (χ0v) is 10.1. The van der Waals surface area contributed by atoms with E-state index < -0.39 is 5.56 Å².